The predicted octanol–water partition coefficient (Wildman–Crippen LogP) is 5.71. The van der Waals surface area contributed by atoms with Crippen LogP contribution in [-0.4, -0.2) is 95.3 Å². The third kappa shape index (κ3) is 8.17. The molecule has 0 amide bonds. The van der Waals surface area contributed by atoms with Crippen LogP contribution < -0.4 is 20.1 Å². The molecule has 1 saturated carbocycles. The maximum atomic E-state index is 7.16. The predicted molar refractivity (Wildman–Crippen MR) is 182 cm³/mol. The molecule has 47 heavy (non-hydrogen) atoms. The van der Waals surface area contributed by atoms with Crippen LogP contribution >= 0.6 is 11.6 Å². The highest BCUT2D eigenvalue weighted by Crippen LogP contribution is 2.39. The van der Waals surface area contributed by atoms with Gasteiger partial charge in [0.2, 0.25) is 5.95 Å². The second-order valence-electron chi connectivity index (χ2n) is 13.1. The summed E-state index contributed by atoms with van der Waals surface area (Å²) in [6, 6.07) is 7.73. The van der Waals surface area contributed by atoms with Crippen LogP contribution in [0.25, 0.3) is 11.1 Å². The summed E-state index contributed by atoms with van der Waals surface area (Å²) in [7, 11) is 1.70. The average molecular weight is 667 g/mol. The Bertz CT molecular complexity index is 1450. The Balaban J connectivity index is 1.13. The Morgan fingerprint density at radius 1 is 1.00 bits per heavy atom. The van der Waals surface area contributed by atoms with E-state index in [4.69, 9.17) is 41.1 Å². The van der Waals surface area contributed by atoms with Crippen molar-refractivity contribution in [3.8, 4) is 22.8 Å². The molecular weight excluding hydrogens is 620 g/mol. The largest absolute Gasteiger partial charge is 0.487 e. The zero-order valence-electron chi connectivity index (χ0n) is 27.5. The fraction of sp³-hybridized carbons (Fsp3) is 0.588. The van der Waals surface area contributed by atoms with Crippen molar-refractivity contribution in [2.75, 3.05) is 45.4 Å². The van der Waals surface area contributed by atoms with E-state index in [9.17, 15) is 0 Å². The Hall–Kier alpha value is -3.45. The van der Waals surface area contributed by atoms with Crippen molar-refractivity contribution in [2.45, 2.75) is 82.6 Å². The normalized spacial score (nSPS) is 24.0. The zero-order valence-corrected chi connectivity index (χ0v) is 28.3. The van der Waals surface area contributed by atoms with E-state index in [-0.39, 0.29) is 12.0 Å². The van der Waals surface area contributed by atoms with E-state index < -0.39 is 0 Å². The van der Waals surface area contributed by atoms with Crippen LogP contribution in [0.2, 0.25) is 5.02 Å². The minimum absolute atomic E-state index is 0.170. The number of nitrogens with one attached hydrogen (secondary N) is 3. The number of hydrogen-bond acceptors (Lipinski definition) is 10. The number of morpholine rings is 1. The molecular formula is C34H47ClN8O4. The molecule has 6 rings (SSSR count). The monoisotopic (exact) mass is 666 g/mol. The number of hydrogen-bond donors (Lipinski definition) is 3. The van der Waals surface area contributed by atoms with Crippen molar-refractivity contribution in [3.05, 3.63) is 41.8 Å². The lowest BCUT2D eigenvalue weighted by molar-refractivity contribution is -0.0458. The number of aromatic nitrogens is 4. The lowest BCUT2D eigenvalue weighted by Gasteiger charge is -2.43. The third-order valence-corrected chi connectivity index (χ3v) is 9.72. The molecule has 2 bridgehead atoms. The van der Waals surface area contributed by atoms with Crippen LogP contribution in [0, 0.1) is 11.3 Å². The number of halogens is 1. The molecule has 1 aliphatic carbocycles. The van der Waals surface area contributed by atoms with Gasteiger partial charge in [0.1, 0.15) is 17.5 Å². The van der Waals surface area contributed by atoms with E-state index in [1.165, 1.54) is 25.7 Å². The summed E-state index contributed by atoms with van der Waals surface area (Å²) < 4.78 is 25.4. The molecule has 4 atom stereocenters. The Kier molecular flexibility index (Phi) is 11.1. The molecule has 3 fully saturated rings. The van der Waals surface area contributed by atoms with E-state index in [1.54, 1.807) is 25.6 Å². The first-order valence-corrected chi connectivity index (χ1v) is 17.1. The van der Waals surface area contributed by atoms with E-state index >= 15 is 0 Å². The fourth-order valence-electron chi connectivity index (χ4n) is 7.10. The molecule has 2 saturated heterocycles. The van der Waals surface area contributed by atoms with E-state index in [2.05, 4.69) is 37.1 Å². The van der Waals surface area contributed by atoms with Gasteiger partial charge in [-0.3, -0.25) is 15.0 Å². The van der Waals surface area contributed by atoms with Crippen molar-refractivity contribution in [1.29, 1.82) is 5.41 Å². The summed E-state index contributed by atoms with van der Waals surface area (Å²) in [6.45, 7) is 7.38. The minimum atomic E-state index is -0.170. The topological polar surface area (TPSA) is 132 Å². The highest BCUT2D eigenvalue weighted by Gasteiger charge is 2.42. The van der Waals surface area contributed by atoms with E-state index in [0.29, 0.717) is 66.5 Å². The number of rotatable bonds is 15. The molecule has 2 aromatic heterocycles. The van der Waals surface area contributed by atoms with Crippen molar-refractivity contribution >= 4 is 29.6 Å². The van der Waals surface area contributed by atoms with Crippen LogP contribution in [0.1, 0.15) is 58.4 Å². The van der Waals surface area contributed by atoms with Crippen LogP contribution in [0.15, 0.2) is 36.8 Å². The first-order chi connectivity index (χ1) is 22.9. The van der Waals surface area contributed by atoms with Gasteiger partial charge in [-0.15, -0.1) is 5.10 Å². The number of fused-ring (bicyclic) bond motifs is 2. The van der Waals surface area contributed by atoms with Gasteiger partial charge >= 0.3 is 0 Å². The summed E-state index contributed by atoms with van der Waals surface area (Å²) in [6.07, 6.45) is 13.6. The number of methoxy groups -OCH3 is 1. The first kappa shape index (κ1) is 33.5. The van der Waals surface area contributed by atoms with Crippen LogP contribution in [-0.2, 0) is 9.47 Å². The Morgan fingerprint density at radius 3 is 2.40 bits per heavy atom. The van der Waals surface area contributed by atoms with Crippen LogP contribution in [0.3, 0.4) is 0 Å². The molecule has 0 radical (unpaired) electrons. The highest BCUT2D eigenvalue weighted by atomic mass is 35.5. The Labute approximate surface area is 282 Å². The lowest BCUT2D eigenvalue weighted by atomic mass is 9.89. The summed E-state index contributed by atoms with van der Waals surface area (Å²) >= 11 is 6.40. The molecule has 3 aromatic rings. The van der Waals surface area contributed by atoms with E-state index in [0.717, 1.165) is 49.2 Å². The van der Waals surface area contributed by atoms with Gasteiger partial charge in [-0.2, -0.15) is 0 Å². The number of benzene rings is 1. The molecule has 3 N–H and O–H groups in total. The van der Waals surface area contributed by atoms with Crippen molar-refractivity contribution in [2.24, 2.45) is 5.92 Å². The highest BCUT2D eigenvalue weighted by molar-refractivity contribution is 6.32. The molecule has 12 nitrogen and oxygen atoms in total. The van der Waals surface area contributed by atoms with E-state index in [1.807, 2.05) is 25.3 Å². The molecule has 254 valence electrons. The maximum Gasteiger partial charge on any atom is 0.256 e. The smallest absolute Gasteiger partial charge is 0.256 e. The lowest BCUT2D eigenvalue weighted by Crippen LogP contribution is -2.52. The SMILES string of the molecule is COCC(C)COc1nn([C@H]2CC[C@H](N3[C@@H]4CC[C@H]3COC4)CC2)cc1Nc1ncc(-c2ccc(Cl)c(O[C@@H](C)CNC=N)c2)cn1. The van der Waals surface area contributed by atoms with Crippen molar-refractivity contribution in [1.82, 2.24) is 30.0 Å². The summed E-state index contributed by atoms with van der Waals surface area (Å²) in [5.74, 6) is 1.77. The molecule has 3 aliphatic rings. The second-order valence-corrected chi connectivity index (χ2v) is 13.5. The summed E-state index contributed by atoms with van der Waals surface area (Å²) in [4.78, 5) is 12.0. The average Bonchev–Trinajstić information content (AvgIpc) is 3.60. The Morgan fingerprint density at radius 2 is 1.70 bits per heavy atom. The third-order valence-electron chi connectivity index (χ3n) is 9.41. The maximum absolute atomic E-state index is 7.16. The van der Waals surface area contributed by atoms with Gasteiger partial charge in [0.15, 0.2) is 0 Å². The molecule has 4 heterocycles. The van der Waals surface area contributed by atoms with Gasteiger partial charge < -0.3 is 29.6 Å². The van der Waals surface area contributed by atoms with Crippen molar-refractivity contribution < 1.29 is 18.9 Å². The molecule has 13 heteroatoms. The number of ether oxygens (including phenoxy) is 4. The summed E-state index contributed by atoms with van der Waals surface area (Å²) in [5, 5.41) is 18.8. The summed E-state index contributed by atoms with van der Waals surface area (Å²) in [5.41, 5.74) is 2.45. The zero-order chi connectivity index (χ0) is 32.8. The molecule has 1 aromatic carbocycles. The number of anilines is 2. The standard InChI is InChI=1S/C34H47ClN8O4/c1-22(17-44-3)18-46-33-31(16-42(41-33)26-5-7-27(8-6-26)43-28-9-10-29(43)20-45-19-28)40-34-38-14-25(15-39-34)24-4-11-30(35)32(12-24)47-23(2)13-37-21-36/h4,11-12,14-16,21-23,26-29H,5-10,13,17-20H2,1-3H3,(H2,36,37)(H,38,39,40)/t22?,23-,26-,27-,28-,29+/m0/s1. The fourth-order valence-corrected chi connectivity index (χ4v) is 7.27. The first-order valence-electron chi connectivity index (χ1n) is 16.8. The second kappa shape index (κ2) is 15.6. The van der Waals surface area contributed by atoms with Gasteiger partial charge in [-0.1, -0.05) is 24.6 Å². The molecule has 2 aliphatic heterocycles. The van der Waals surface area contributed by atoms with Gasteiger partial charge in [0, 0.05) is 49.1 Å². The molecule has 1 unspecified atom stereocenters. The number of nitrogens with zero attached hydrogens (tertiary/aromatic N) is 5. The molecule has 0 spiro atoms. The van der Waals surface area contributed by atoms with Gasteiger partial charge in [-0.25, -0.2) is 9.97 Å². The van der Waals surface area contributed by atoms with Gasteiger partial charge in [0.05, 0.1) is 56.6 Å². The van der Waals surface area contributed by atoms with Crippen LogP contribution in [0.5, 0.6) is 11.6 Å². The minimum Gasteiger partial charge on any atom is -0.487 e. The van der Waals surface area contributed by atoms with Crippen molar-refractivity contribution in [3.63, 3.8) is 0 Å². The van der Waals surface area contributed by atoms with Gasteiger partial charge in [-0.05, 0) is 63.1 Å². The van der Waals surface area contributed by atoms with Crippen LogP contribution in [0.4, 0.5) is 11.6 Å². The van der Waals surface area contributed by atoms with Gasteiger partial charge in [0.25, 0.3) is 5.88 Å². The quantitative estimate of drug-likeness (QED) is 0.137.